The van der Waals surface area contributed by atoms with Gasteiger partial charge in [-0.3, -0.25) is 4.79 Å². The molecule has 5 heteroatoms. The Balaban J connectivity index is 2.95. The van der Waals surface area contributed by atoms with Crippen LogP contribution in [-0.4, -0.2) is 39.8 Å². The first kappa shape index (κ1) is 14.5. The quantitative estimate of drug-likeness (QED) is 0.740. The molecule has 1 aromatic rings. The Bertz CT molecular complexity index is 406. The number of hydrogen-bond donors (Lipinski definition) is 1. The van der Waals surface area contributed by atoms with Crippen LogP contribution in [0.25, 0.3) is 0 Å². The SMILES string of the molecule is COCCC(N)C(=O)c1cc(OC)ccc1OC. The Labute approximate surface area is 107 Å². The molecule has 0 aliphatic rings. The summed E-state index contributed by atoms with van der Waals surface area (Å²) in [7, 11) is 4.63. The van der Waals surface area contributed by atoms with Crippen molar-refractivity contribution in [1.82, 2.24) is 0 Å². The van der Waals surface area contributed by atoms with Crippen LogP contribution in [0.15, 0.2) is 18.2 Å². The van der Waals surface area contributed by atoms with Crippen LogP contribution in [-0.2, 0) is 4.74 Å². The van der Waals surface area contributed by atoms with Crippen molar-refractivity contribution >= 4 is 5.78 Å². The second-order valence-corrected chi connectivity index (χ2v) is 3.82. The van der Waals surface area contributed by atoms with Crippen molar-refractivity contribution in [3.8, 4) is 11.5 Å². The van der Waals surface area contributed by atoms with Gasteiger partial charge in [-0.15, -0.1) is 0 Å². The van der Waals surface area contributed by atoms with E-state index >= 15 is 0 Å². The minimum absolute atomic E-state index is 0.178. The Kier molecular flexibility index (Phi) is 5.61. The van der Waals surface area contributed by atoms with Gasteiger partial charge in [0, 0.05) is 13.7 Å². The summed E-state index contributed by atoms with van der Waals surface area (Å²) in [5.74, 6) is 0.912. The molecule has 0 amide bonds. The number of methoxy groups -OCH3 is 3. The van der Waals surface area contributed by atoms with Gasteiger partial charge in [0.1, 0.15) is 11.5 Å². The van der Waals surface area contributed by atoms with Gasteiger partial charge in [0.2, 0.25) is 0 Å². The van der Waals surface area contributed by atoms with Crippen molar-refractivity contribution in [1.29, 1.82) is 0 Å². The van der Waals surface area contributed by atoms with E-state index in [0.29, 0.717) is 30.1 Å². The zero-order chi connectivity index (χ0) is 13.5. The fraction of sp³-hybridized carbons (Fsp3) is 0.462. The van der Waals surface area contributed by atoms with E-state index in [1.54, 1.807) is 32.4 Å². The summed E-state index contributed by atoms with van der Waals surface area (Å²) >= 11 is 0. The number of carbonyl (C=O) groups excluding carboxylic acids is 1. The molecule has 1 unspecified atom stereocenters. The van der Waals surface area contributed by atoms with Crippen LogP contribution in [0.5, 0.6) is 11.5 Å². The highest BCUT2D eigenvalue weighted by Gasteiger charge is 2.20. The summed E-state index contributed by atoms with van der Waals surface area (Å²) in [5, 5.41) is 0. The zero-order valence-corrected chi connectivity index (χ0v) is 10.9. The molecule has 0 aliphatic carbocycles. The van der Waals surface area contributed by atoms with Crippen molar-refractivity contribution in [2.24, 2.45) is 5.73 Å². The molecule has 0 heterocycles. The summed E-state index contributed by atoms with van der Waals surface area (Å²) in [4.78, 5) is 12.2. The minimum atomic E-state index is -0.606. The molecule has 0 radical (unpaired) electrons. The highest BCUT2D eigenvalue weighted by atomic mass is 16.5. The van der Waals surface area contributed by atoms with E-state index in [4.69, 9.17) is 19.9 Å². The summed E-state index contributed by atoms with van der Waals surface area (Å²) in [6.45, 7) is 0.444. The van der Waals surface area contributed by atoms with Gasteiger partial charge in [0.25, 0.3) is 0 Å². The van der Waals surface area contributed by atoms with Gasteiger partial charge in [-0.1, -0.05) is 0 Å². The van der Waals surface area contributed by atoms with Crippen LogP contribution in [0.2, 0.25) is 0 Å². The molecule has 0 saturated heterocycles. The molecule has 18 heavy (non-hydrogen) atoms. The van der Waals surface area contributed by atoms with E-state index in [1.165, 1.54) is 7.11 Å². The molecule has 0 fully saturated rings. The molecule has 0 saturated carbocycles. The number of Topliss-reactive ketones (excluding diaryl/α,β-unsaturated/α-hetero) is 1. The van der Waals surface area contributed by atoms with Crippen LogP contribution >= 0.6 is 0 Å². The lowest BCUT2D eigenvalue weighted by Crippen LogP contribution is -2.32. The maximum atomic E-state index is 12.2. The van der Waals surface area contributed by atoms with Gasteiger partial charge >= 0.3 is 0 Å². The summed E-state index contributed by atoms with van der Waals surface area (Å²) in [6, 6.07) is 4.45. The predicted molar refractivity (Wildman–Crippen MR) is 68.3 cm³/mol. The summed E-state index contributed by atoms with van der Waals surface area (Å²) in [5.41, 5.74) is 6.26. The third kappa shape index (κ3) is 3.45. The topological polar surface area (TPSA) is 70.8 Å². The normalized spacial score (nSPS) is 12.0. The molecular weight excluding hydrogens is 234 g/mol. The van der Waals surface area contributed by atoms with E-state index in [-0.39, 0.29) is 5.78 Å². The molecule has 0 bridgehead atoms. The maximum Gasteiger partial charge on any atom is 0.183 e. The average molecular weight is 253 g/mol. The first-order valence-electron chi connectivity index (χ1n) is 5.64. The smallest absolute Gasteiger partial charge is 0.183 e. The molecule has 0 spiro atoms. The van der Waals surface area contributed by atoms with Gasteiger partial charge in [-0.05, 0) is 24.6 Å². The lowest BCUT2D eigenvalue weighted by atomic mass is 10.0. The van der Waals surface area contributed by atoms with Crippen molar-refractivity contribution in [2.75, 3.05) is 27.9 Å². The zero-order valence-electron chi connectivity index (χ0n) is 10.9. The van der Waals surface area contributed by atoms with Crippen LogP contribution in [0.4, 0.5) is 0 Å². The molecule has 5 nitrogen and oxygen atoms in total. The predicted octanol–water partition coefficient (Wildman–Crippen LogP) is 1.25. The van der Waals surface area contributed by atoms with Gasteiger partial charge in [-0.25, -0.2) is 0 Å². The van der Waals surface area contributed by atoms with E-state index < -0.39 is 6.04 Å². The second-order valence-electron chi connectivity index (χ2n) is 3.82. The Morgan fingerprint density at radius 2 is 2.00 bits per heavy atom. The van der Waals surface area contributed by atoms with Crippen LogP contribution in [0.1, 0.15) is 16.8 Å². The molecule has 0 aromatic heterocycles. The summed E-state index contributed by atoms with van der Waals surface area (Å²) in [6.07, 6.45) is 0.468. The number of benzene rings is 1. The first-order chi connectivity index (χ1) is 8.63. The van der Waals surface area contributed by atoms with Crippen molar-refractivity contribution in [3.63, 3.8) is 0 Å². The third-order valence-electron chi connectivity index (χ3n) is 2.64. The molecule has 1 atom stereocenters. The third-order valence-corrected chi connectivity index (χ3v) is 2.64. The number of nitrogens with two attached hydrogens (primary N) is 1. The van der Waals surface area contributed by atoms with E-state index in [1.807, 2.05) is 0 Å². The van der Waals surface area contributed by atoms with Gasteiger partial charge in [0.15, 0.2) is 5.78 Å². The largest absolute Gasteiger partial charge is 0.497 e. The monoisotopic (exact) mass is 253 g/mol. The highest BCUT2D eigenvalue weighted by molar-refractivity contribution is 6.02. The van der Waals surface area contributed by atoms with Crippen molar-refractivity contribution < 1.29 is 19.0 Å². The van der Waals surface area contributed by atoms with Crippen LogP contribution < -0.4 is 15.2 Å². The molecule has 2 N–H and O–H groups in total. The lowest BCUT2D eigenvalue weighted by Gasteiger charge is -2.13. The summed E-state index contributed by atoms with van der Waals surface area (Å²) < 4.78 is 15.2. The van der Waals surface area contributed by atoms with Gasteiger partial charge in [0.05, 0.1) is 25.8 Å². The average Bonchev–Trinajstić information content (AvgIpc) is 2.43. The number of ether oxygens (including phenoxy) is 3. The standard InChI is InChI=1S/C13H19NO4/c1-16-7-6-11(14)13(15)10-8-9(17-2)4-5-12(10)18-3/h4-5,8,11H,6-7,14H2,1-3H3. The van der Waals surface area contributed by atoms with Gasteiger partial charge < -0.3 is 19.9 Å². The molecular formula is C13H19NO4. The highest BCUT2D eigenvalue weighted by Crippen LogP contribution is 2.25. The Hall–Kier alpha value is -1.59. The fourth-order valence-electron chi connectivity index (χ4n) is 1.58. The molecule has 0 aliphatic heterocycles. The van der Waals surface area contributed by atoms with Crippen LogP contribution in [0, 0.1) is 0 Å². The Morgan fingerprint density at radius 1 is 1.28 bits per heavy atom. The van der Waals surface area contributed by atoms with E-state index in [9.17, 15) is 4.79 Å². The molecule has 1 aromatic carbocycles. The van der Waals surface area contributed by atoms with Gasteiger partial charge in [-0.2, -0.15) is 0 Å². The van der Waals surface area contributed by atoms with E-state index in [2.05, 4.69) is 0 Å². The Morgan fingerprint density at radius 3 is 2.56 bits per heavy atom. The lowest BCUT2D eigenvalue weighted by molar-refractivity contribution is 0.0932. The molecule has 100 valence electrons. The first-order valence-corrected chi connectivity index (χ1v) is 5.64. The maximum absolute atomic E-state index is 12.2. The number of rotatable bonds is 7. The van der Waals surface area contributed by atoms with Crippen molar-refractivity contribution in [2.45, 2.75) is 12.5 Å². The van der Waals surface area contributed by atoms with Crippen LogP contribution in [0.3, 0.4) is 0 Å². The van der Waals surface area contributed by atoms with E-state index in [0.717, 1.165) is 0 Å². The minimum Gasteiger partial charge on any atom is -0.497 e. The number of ketones is 1. The second kappa shape index (κ2) is 6.98. The van der Waals surface area contributed by atoms with Crippen molar-refractivity contribution in [3.05, 3.63) is 23.8 Å². The number of carbonyl (C=O) groups is 1. The fourth-order valence-corrected chi connectivity index (χ4v) is 1.58. The number of hydrogen-bond acceptors (Lipinski definition) is 5. The molecule has 1 rings (SSSR count).